The molecule has 3 aromatic rings. The summed E-state index contributed by atoms with van der Waals surface area (Å²) >= 11 is 0. The van der Waals surface area contributed by atoms with Crippen LogP contribution in [0.2, 0.25) is 0 Å². The van der Waals surface area contributed by atoms with Gasteiger partial charge in [-0.2, -0.15) is 4.98 Å². The molecule has 8 nitrogen and oxygen atoms in total. The van der Waals surface area contributed by atoms with Crippen LogP contribution < -0.4 is 14.2 Å². The summed E-state index contributed by atoms with van der Waals surface area (Å²) < 4.78 is 21.5. The molecule has 0 aliphatic heterocycles. The second kappa shape index (κ2) is 9.07. The van der Waals surface area contributed by atoms with E-state index in [2.05, 4.69) is 10.1 Å². The summed E-state index contributed by atoms with van der Waals surface area (Å²) in [6.45, 7) is 5.95. The Morgan fingerprint density at radius 1 is 0.968 bits per heavy atom. The van der Waals surface area contributed by atoms with E-state index in [1.807, 2.05) is 45.0 Å². The lowest BCUT2D eigenvalue weighted by Crippen LogP contribution is -2.45. The Hall–Kier alpha value is -3.55. The number of rotatable bonds is 7. The highest BCUT2D eigenvalue weighted by molar-refractivity contribution is 6.00. The topological polar surface area (TPSA) is 86.9 Å². The van der Waals surface area contributed by atoms with Crippen molar-refractivity contribution in [3.8, 4) is 28.6 Å². The van der Waals surface area contributed by atoms with Crippen molar-refractivity contribution in [2.24, 2.45) is 0 Å². The molecule has 0 aliphatic rings. The predicted octanol–water partition coefficient (Wildman–Crippen LogP) is 4.20. The van der Waals surface area contributed by atoms with Crippen LogP contribution in [0.1, 0.15) is 37.0 Å². The first kappa shape index (κ1) is 22.1. The normalized spacial score (nSPS) is 11.2. The summed E-state index contributed by atoms with van der Waals surface area (Å²) in [5.41, 5.74) is 0.602. The summed E-state index contributed by atoms with van der Waals surface area (Å²) in [7, 11) is 4.65. The summed E-state index contributed by atoms with van der Waals surface area (Å²) in [5, 5.41) is 4.06. The molecule has 2 aromatic carbocycles. The number of nitrogens with zero attached hydrogens (tertiary/aromatic N) is 3. The Bertz CT molecular complexity index is 1020. The number of ether oxygens (including phenoxy) is 3. The molecule has 0 aliphatic carbocycles. The van der Waals surface area contributed by atoms with Crippen molar-refractivity contribution >= 4 is 5.91 Å². The maximum absolute atomic E-state index is 13.6. The van der Waals surface area contributed by atoms with Gasteiger partial charge in [-0.05, 0) is 57.2 Å². The van der Waals surface area contributed by atoms with Crippen molar-refractivity contribution in [1.82, 2.24) is 15.0 Å². The van der Waals surface area contributed by atoms with E-state index >= 15 is 0 Å². The molecule has 3 rings (SSSR count). The highest BCUT2D eigenvalue weighted by Crippen LogP contribution is 2.32. The van der Waals surface area contributed by atoms with Gasteiger partial charge in [0.05, 0.1) is 21.3 Å². The van der Waals surface area contributed by atoms with Crippen molar-refractivity contribution in [1.29, 1.82) is 0 Å². The number of hydrogen-bond donors (Lipinski definition) is 0. The Kier molecular flexibility index (Phi) is 6.48. The minimum atomic E-state index is -0.530. The summed E-state index contributed by atoms with van der Waals surface area (Å²) in [4.78, 5) is 19.7. The maximum Gasteiger partial charge on any atom is 0.262 e. The van der Waals surface area contributed by atoms with Gasteiger partial charge in [-0.15, -0.1) is 0 Å². The molecule has 0 radical (unpaired) electrons. The van der Waals surface area contributed by atoms with E-state index in [-0.39, 0.29) is 12.5 Å². The van der Waals surface area contributed by atoms with Gasteiger partial charge in [-0.1, -0.05) is 11.2 Å². The van der Waals surface area contributed by atoms with Crippen LogP contribution >= 0.6 is 0 Å². The number of benzene rings is 2. The monoisotopic (exact) mass is 425 g/mol. The average Bonchev–Trinajstić information content (AvgIpc) is 3.24. The minimum Gasteiger partial charge on any atom is -0.497 e. The summed E-state index contributed by atoms with van der Waals surface area (Å²) in [5.74, 6) is 2.11. The zero-order valence-corrected chi connectivity index (χ0v) is 18.6. The average molecular weight is 425 g/mol. The molecular weight excluding hydrogens is 398 g/mol. The van der Waals surface area contributed by atoms with E-state index in [1.54, 1.807) is 30.2 Å². The molecule has 164 valence electrons. The number of carbonyl (C=O) groups excluding carboxylic acids is 1. The zero-order chi connectivity index (χ0) is 22.6. The SMILES string of the molecule is COc1ccc(-c2noc(CN(C(=O)c3c(OC)cccc3OC)C(C)(C)C)n2)cc1. The standard InChI is InChI=1S/C23H27N3O5/c1-23(2,3)26(22(27)20-17(29-5)8-7-9-18(20)30-6)14-19-24-21(25-31-19)15-10-12-16(28-4)13-11-15/h7-13H,14H2,1-6H3. The van der Waals surface area contributed by atoms with Crippen LogP contribution in [0.3, 0.4) is 0 Å². The highest BCUT2D eigenvalue weighted by atomic mass is 16.5. The minimum absolute atomic E-state index is 0.132. The lowest BCUT2D eigenvalue weighted by molar-refractivity contribution is 0.0519. The fraction of sp³-hybridized carbons (Fsp3) is 0.348. The number of aromatic nitrogens is 2. The first-order valence-electron chi connectivity index (χ1n) is 9.78. The van der Waals surface area contributed by atoms with Gasteiger partial charge in [0.2, 0.25) is 11.7 Å². The number of carbonyl (C=O) groups is 1. The van der Waals surface area contributed by atoms with Crippen LogP contribution in [0.15, 0.2) is 47.0 Å². The van der Waals surface area contributed by atoms with Crippen LogP contribution in [-0.2, 0) is 6.54 Å². The van der Waals surface area contributed by atoms with Crippen molar-refractivity contribution < 1.29 is 23.5 Å². The van der Waals surface area contributed by atoms with Crippen LogP contribution in [0.5, 0.6) is 17.2 Å². The molecule has 0 saturated heterocycles. The van der Waals surface area contributed by atoms with E-state index in [9.17, 15) is 4.79 Å². The van der Waals surface area contributed by atoms with Gasteiger partial charge < -0.3 is 23.6 Å². The molecule has 1 heterocycles. The second-order valence-electron chi connectivity index (χ2n) is 7.84. The van der Waals surface area contributed by atoms with Crippen molar-refractivity contribution in [3.63, 3.8) is 0 Å². The zero-order valence-electron chi connectivity index (χ0n) is 18.6. The molecular formula is C23H27N3O5. The van der Waals surface area contributed by atoms with E-state index in [0.717, 1.165) is 11.3 Å². The molecule has 0 N–H and O–H groups in total. The Morgan fingerprint density at radius 2 is 1.58 bits per heavy atom. The quantitative estimate of drug-likeness (QED) is 0.560. The molecule has 1 aromatic heterocycles. The van der Waals surface area contributed by atoms with E-state index < -0.39 is 5.54 Å². The Morgan fingerprint density at radius 3 is 2.10 bits per heavy atom. The van der Waals surface area contributed by atoms with Crippen LogP contribution in [0.25, 0.3) is 11.4 Å². The molecule has 31 heavy (non-hydrogen) atoms. The Balaban J connectivity index is 1.92. The Labute approximate surface area is 181 Å². The molecule has 0 unspecified atom stereocenters. The first-order chi connectivity index (χ1) is 14.8. The molecule has 0 atom stereocenters. The van der Waals surface area contributed by atoms with Gasteiger partial charge in [0.25, 0.3) is 5.91 Å². The third-order valence-corrected chi connectivity index (χ3v) is 4.81. The van der Waals surface area contributed by atoms with Crippen LogP contribution in [0, 0.1) is 0 Å². The predicted molar refractivity (Wildman–Crippen MR) is 115 cm³/mol. The smallest absolute Gasteiger partial charge is 0.262 e. The van der Waals surface area contributed by atoms with E-state index in [1.165, 1.54) is 14.2 Å². The molecule has 0 saturated carbocycles. The molecule has 0 fully saturated rings. The molecule has 0 bridgehead atoms. The molecule has 8 heteroatoms. The van der Waals surface area contributed by atoms with Crippen LogP contribution in [-0.4, -0.2) is 47.8 Å². The third-order valence-electron chi connectivity index (χ3n) is 4.81. The fourth-order valence-electron chi connectivity index (χ4n) is 3.12. The van der Waals surface area contributed by atoms with Gasteiger partial charge in [-0.25, -0.2) is 0 Å². The second-order valence-corrected chi connectivity index (χ2v) is 7.84. The van der Waals surface area contributed by atoms with Crippen molar-refractivity contribution in [2.45, 2.75) is 32.9 Å². The largest absolute Gasteiger partial charge is 0.497 e. The summed E-state index contributed by atoms with van der Waals surface area (Å²) in [6.07, 6.45) is 0. The number of amides is 1. The maximum atomic E-state index is 13.6. The number of hydrogen-bond acceptors (Lipinski definition) is 7. The van der Waals surface area contributed by atoms with Crippen LogP contribution in [0.4, 0.5) is 0 Å². The van der Waals surface area contributed by atoms with E-state index in [0.29, 0.717) is 28.8 Å². The van der Waals surface area contributed by atoms with Gasteiger partial charge >= 0.3 is 0 Å². The lowest BCUT2D eigenvalue weighted by Gasteiger charge is -2.35. The van der Waals surface area contributed by atoms with Crippen molar-refractivity contribution in [2.75, 3.05) is 21.3 Å². The number of methoxy groups -OCH3 is 3. The van der Waals surface area contributed by atoms with Gasteiger partial charge in [0.1, 0.15) is 29.4 Å². The van der Waals surface area contributed by atoms with Crippen molar-refractivity contribution in [3.05, 3.63) is 53.9 Å². The van der Waals surface area contributed by atoms with Gasteiger partial charge in [-0.3, -0.25) is 4.79 Å². The van der Waals surface area contributed by atoms with E-state index in [4.69, 9.17) is 18.7 Å². The first-order valence-corrected chi connectivity index (χ1v) is 9.78. The molecule has 0 spiro atoms. The summed E-state index contributed by atoms with van der Waals surface area (Å²) in [6, 6.07) is 12.6. The highest BCUT2D eigenvalue weighted by Gasteiger charge is 2.33. The lowest BCUT2D eigenvalue weighted by atomic mass is 10.0. The van der Waals surface area contributed by atoms with Gasteiger partial charge in [0.15, 0.2) is 0 Å². The molecule has 1 amide bonds. The third kappa shape index (κ3) is 4.79. The fourth-order valence-corrected chi connectivity index (χ4v) is 3.12. The van der Waals surface area contributed by atoms with Gasteiger partial charge in [0, 0.05) is 11.1 Å².